The van der Waals surface area contributed by atoms with Gasteiger partial charge in [0.15, 0.2) is 0 Å². The molecular formula is C20H26N8O2S. The van der Waals surface area contributed by atoms with E-state index in [9.17, 15) is 8.42 Å². The van der Waals surface area contributed by atoms with Crippen LogP contribution in [0.2, 0.25) is 0 Å². The fourth-order valence-electron chi connectivity index (χ4n) is 4.23. The fourth-order valence-corrected chi connectivity index (χ4v) is 5.23. The summed E-state index contributed by atoms with van der Waals surface area (Å²) in [6, 6.07) is 8.06. The molecule has 11 heteroatoms. The van der Waals surface area contributed by atoms with E-state index in [-0.39, 0.29) is 22.6 Å². The number of anilines is 2. The molecule has 0 bridgehead atoms. The van der Waals surface area contributed by atoms with E-state index in [0.717, 1.165) is 32.1 Å². The lowest BCUT2D eigenvalue weighted by molar-refractivity contribution is 0.305. The van der Waals surface area contributed by atoms with Crippen molar-refractivity contribution in [1.82, 2.24) is 9.97 Å². The van der Waals surface area contributed by atoms with Gasteiger partial charge in [-0.05, 0) is 63.8 Å². The Kier molecular flexibility index (Phi) is 5.29. The molecule has 2 heterocycles. The van der Waals surface area contributed by atoms with Crippen LogP contribution >= 0.6 is 0 Å². The van der Waals surface area contributed by atoms with Gasteiger partial charge in [0.25, 0.3) is 10.0 Å². The van der Waals surface area contributed by atoms with Crippen molar-refractivity contribution in [2.24, 2.45) is 21.5 Å². The topological polar surface area (TPSA) is 152 Å². The van der Waals surface area contributed by atoms with Crippen molar-refractivity contribution < 1.29 is 8.42 Å². The van der Waals surface area contributed by atoms with Gasteiger partial charge in [0.2, 0.25) is 11.9 Å². The van der Waals surface area contributed by atoms with Gasteiger partial charge in [-0.15, -0.1) is 0 Å². The molecule has 0 amide bonds. The van der Waals surface area contributed by atoms with Crippen molar-refractivity contribution in [1.29, 1.82) is 0 Å². The van der Waals surface area contributed by atoms with Crippen LogP contribution in [0.3, 0.4) is 0 Å². The second kappa shape index (κ2) is 7.80. The molecule has 1 fully saturated rings. The van der Waals surface area contributed by atoms with Crippen LogP contribution < -0.4 is 21.1 Å². The number of nitrogens with two attached hydrogens (primary N) is 2. The molecule has 0 unspecified atom stereocenters. The van der Waals surface area contributed by atoms with E-state index in [1.54, 1.807) is 32.0 Å². The predicted octanol–water partition coefficient (Wildman–Crippen LogP) is 2.00. The summed E-state index contributed by atoms with van der Waals surface area (Å²) in [6.45, 7) is 3.49. The Labute approximate surface area is 181 Å². The predicted molar refractivity (Wildman–Crippen MR) is 120 cm³/mol. The van der Waals surface area contributed by atoms with Crippen LogP contribution in [0, 0.1) is 13.8 Å². The van der Waals surface area contributed by atoms with E-state index in [2.05, 4.69) is 24.7 Å². The summed E-state index contributed by atoms with van der Waals surface area (Å²) < 4.78 is 28.2. The number of nitrogens with zero attached hydrogens (tertiary/aromatic N) is 5. The molecule has 1 aliphatic carbocycles. The Morgan fingerprint density at radius 1 is 1.03 bits per heavy atom. The highest BCUT2D eigenvalue weighted by molar-refractivity contribution is 7.92. The Morgan fingerprint density at radius 3 is 2.35 bits per heavy atom. The molecule has 0 atom stereocenters. The quantitative estimate of drug-likeness (QED) is 0.655. The summed E-state index contributed by atoms with van der Waals surface area (Å²) in [7, 11) is -3.82. The number of hydrogen-bond donors (Lipinski definition) is 3. The molecule has 31 heavy (non-hydrogen) atoms. The SMILES string of the molecule is Cc1cc(NS(=O)(=O)c2ccc(N3C(N)=NC(N)=NC34CCCCC4)cc2)nc(C)n1. The molecule has 0 saturated heterocycles. The van der Waals surface area contributed by atoms with Crippen molar-refractivity contribution in [3.63, 3.8) is 0 Å². The maximum Gasteiger partial charge on any atom is 0.263 e. The van der Waals surface area contributed by atoms with Crippen LogP contribution in [0.15, 0.2) is 45.2 Å². The Balaban J connectivity index is 1.63. The first-order valence-corrected chi connectivity index (χ1v) is 11.6. The number of rotatable bonds is 4. The summed E-state index contributed by atoms with van der Waals surface area (Å²) >= 11 is 0. The van der Waals surface area contributed by atoms with Crippen molar-refractivity contribution in [3.05, 3.63) is 41.9 Å². The summed E-state index contributed by atoms with van der Waals surface area (Å²) in [5, 5.41) is 0. The third-order valence-electron chi connectivity index (χ3n) is 5.46. The number of aliphatic imine (C=N–C) groups is 2. The zero-order valence-corrected chi connectivity index (χ0v) is 18.4. The van der Waals surface area contributed by atoms with Gasteiger partial charge in [-0.2, -0.15) is 4.99 Å². The standard InChI is InChI=1S/C20H26N8O2S/c1-13-12-17(24-14(2)23-13)27-31(29,30)16-8-6-15(7-9-16)28-19(22)25-18(21)26-20(28)10-4-3-5-11-20/h6-9,12H,3-5,10-11H2,1-2H3,(H,23,24,27)(H4,21,22,25,26). The lowest BCUT2D eigenvalue weighted by Gasteiger charge is -2.45. The van der Waals surface area contributed by atoms with Gasteiger partial charge in [0, 0.05) is 17.4 Å². The van der Waals surface area contributed by atoms with Crippen LogP contribution in [0.25, 0.3) is 0 Å². The molecule has 1 aliphatic heterocycles. The van der Waals surface area contributed by atoms with Gasteiger partial charge in [-0.1, -0.05) is 6.42 Å². The smallest absolute Gasteiger partial charge is 0.263 e. The number of benzene rings is 1. The molecule has 2 aromatic rings. The van der Waals surface area contributed by atoms with Crippen LogP contribution in [0.4, 0.5) is 11.5 Å². The van der Waals surface area contributed by atoms with Gasteiger partial charge < -0.3 is 11.5 Å². The second-order valence-corrected chi connectivity index (χ2v) is 9.54. The molecule has 2 aliphatic rings. The van der Waals surface area contributed by atoms with Crippen LogP contribution in [-0.2, 0) is 10.0 Å². The minimum absolute atomic E-state index is 0.110. The molecule has 0 radical (unpaired) electrons. The van der Waals surface area contributed by atoms with Gasteiger partial charge >= 0.3 is 0 Å². The Morgan fingerprint density at radius 2 is 1.71 bits per heavy atom. The summed E-state index contributed by atoms with van der Waals surface area (Å²) in [4.78, 5) is 19.0. The maximum absolute atomic E-state index is 12.8. The van der Waals surface area contributed by atoms with Crippen molar-refractivity contribution in [3.8, 4) is 0 Å². The number of sulfonamides is 1. The highest BCUT2D eigenvalue weighted by atomic mass is 32.2. The molecular weight excluding hydrogens is 416 g/mol. The number of aromatic nitrogens is 2. The van der Waals surface area contributed by atoms with Crippen LogP contribution in [0.1, 0.15) is 43.6 Å². The average Bonchev–Trinajstić information content (AvgIpc) is 2.67. The number of hydrogen-bond acceptors (Lipinski definition) is 9. The molecule has 1 aromatic heterocycles. The molecule has 1 saturated carbocycles. The Hall–Kier alpha value is -3.21. The fraction of sp³-hybridized carbons (Fsp3) is 0.400. The van der Waals surface area contributed by atoms with Crippen LogP contribution in [-0.4, -0.2) is 36.0 Å². The van der Waals surface area contributed by atoms with Gasteiger partial charge in [0.1, 0.15) is 17.3 Å². The van der Waals surface area contributed by atoms with Crippen molar-refractivity contribution in [2.45, 2.75) is 56.5 Å². The van der Waals surface area contributed by atoms with E-state index < -0.39 is 15.7 Å². The number of guanidine groups is 2. The van der Waals surface area contributed by atoms with E-state index in [1.165, 1.54) is 12.1 Å². The third-order valence-corrected chi connectivity index (χ3v) is 6.83. The highest BCUT2D eigenvalue weighted by Crippen LogP contribution is 2.39. The second-order valence-electron chi connectivity index (χ2n) is 7.86. The molecule has 164 valence electrons. The lowest BCUT2D eigenvalue weighted by Crippen LogP contribution is -2.58. The number of aryl methyl sites for hydroxylation is 2. The molecule has 4 rings (SSSR count). The van der Waals surface area contributed by atoms with E-state index in [0.29, 0.717) is 17.2 Å². The van der Waals surface area contributed by atoms with Crippen molar-refractivity contribution in [2.75, 3.05) is 9.62 Å². The zero-order valence-electron chi connectivity index (χ0n) is 17.5. The highest BCUT2D eigenvalue weighted by Gasteiger charge is 2.42. The Bertz CT molecular complexity index is 1130. The van der Waals surface area contributed by atoms with E-state index in [1.807, 2.05) is 4.90 Å². The zero-order chi connectivity index (χ0) is 22.2. The van der Waals surface area contributed by atoms with Gasteiger partial charge in [-0.3, -0.25) is 9.62 Å². The molecule has 10 nitrogen and oxygen atoms in total. The average molecular weight is 443 g/mol. The first-order valence-electron chi connectivity index (χ1n) is 10.1. The first kappa shape index (κ1) is 21.0. The monoisotopic (exact) mass is 442 g/mol. The largest absolute Gasteiger partial charge is 0.369 e. The maximum atomic E-state index is 12.8. The minimum atomic E-state index is -3.82. The molecule has 1 spiro atoms. The van der Waals surface area contributed by atoms with Gasteiger partial charge in [0.05, 0.1) is 4.90 Å². The molecule has 1 aromatic carbocycles. The lowest BCUT2D eigenvalue weighted by atomic mass is 9.87. The molecule has 5 N–H and O–H groups in total. The first-order chi connectivity index (χ1) is 14.7. The minimum Gasteiger partial charge on any atom is -0.369 e. The van der Waals surface area contributed by atoms with E-state index >= 15 is 0 Å². The van der Waals surface area contributed by atoms with Gasteiger partial charge in [-0.25, -0.2) is 23.4 Å². The number of nitrogens with one attached hydrogen (secondary N) is 1. The van der Waals surface area contributed by atoms with Crippen LogP contribution in [0.5, 0.6) is 0 Å². The van der Waals surface area contributed by atoms with E-state index in [4.69, 9.17) is 11.5 Å². The van der Waals surface area contributed by atoms with Crippen molar-refractivity contribution >= 4 is 33.4 Å². The summed E-state index contributed by atoms with van der Waals surface area (Å²) in [6.07, 6.45) is 4.76. The summed E-state index contributed by atoms with van der Waals surface area (Å²) in [5.74, 6) is 1.16. The summed E-state index contributed by atoms with van der Waals surface area (Å²) in [5.41, 5.74) is 12.9. The normalized spacial score (nSPS) is 18.5. The third kappa shape index (κ3) is 4.18.